The number of rotatable bonds is 6. The van der Waals surface area contributed by atoms with Crippen molar-refractivity contribution in [2.75, 3.05) is 19.9 Å². The molecule has 82 valence electrons. The van der Waals surface area contributed by atoms with Gasteiger partial charge in [-0.1, -0.05) is 0 Å². The van der Waals surface area contributed by atoms with E-state index in [9.17, 15) is 14.0 Å². The Morgan fingerprint density at radius 1 is 1.14 bits per heavy atom. The van der Waals surface area contributed by atoms with E-state index in [0.29, 0.717) is 0 Å². The van der Waals surface area contributed by atoms with Crippen molar-refractivity contribution < 1.29 is 23.5 Å². The Hall–Kier alpha value is -1.13. The molecule has 0 aromatic rings. The fourth-order valence-corrected chi connectivity index (χ4v) is 0.927. The summed E-state index contributed by atoms with van der Waals surface area (Å²) >= 11 is 0. The van der Waals surface area contributed by atoms with Gasteiger partial charge in [0.25, 0.3) is 0 Å². The van der Waals surface area contributed by atoms with Crippen LogP contribution in [-0.2, 0) is 19.1 Å². The van der Waals surface area contributed by atoms with Crippen LogP contribution in [0.1, 0.15) is 20.3 Å². The van der Waals surface area contributed by atoms with Gasteiger partial charge >= 0.3 is 11.9 Å². The van der Waals surface area contributed by atoms with E-state index in [1.54, 1.807) is 13.8 Å². The van der Waals surface area contributed by atoms with E-state index < -0.39 is 24.5 Å². The minimum atomic E-state index is -1.13. The maximum absolute atomic E-state index is 12.0. The predicted molar refractivity (Wildman–Crippen MR) is 47.3 cm³/mol. The second kappa shape index (κ2) is 7.29. The Labute approximate surface area is 82.4 Å². The van der Waals surface area contributed by atoms with Gasteiger partial charge in [-0.2, -0.15) is 0 Å². The number of hydrogen-bond donors (Lipinski definition) is 0. The third kappa shape index (κ3) is 4.20. The van der Waals surface area contributed by atoms with Gasteiger partial charge in [0.1, 0.15) is 0 Å². The third-order valence-corrected chi connectivity index (χ3v) is 1.54. The molecule has 0 amide bonds. The topological polar surface area (TPSA) is 52.6 Å². The van der Waals surface area contributed by atoms with E-state index in [1.165, 1.54) is 0 Å². The number of hydrogen-bond acceptors (Lipinski definition) is 4. The van der Waals surface area contributed by atoms with Gasteiger partial charge in [0.2, 0.25) is 0 Å². The molecule has 4 nitrogen and oxygen atoms in total. The first-order chi connectivity index (χ1) is 6.67. The summed E-state index contributed by atoms with van der Waals surface area (Å²) in [4.78, 5) is 22.3. The number of esters is 2. The normalized spacial score (nSPS) is 10.0. The summed E-state index contributed by atoms with van der Waals surface area (Å²) in [6.45, 7) is 2.83. The number of ether oxygens (including phenoxy) is 2. The quantitative estimate of drug-likeness (QED) is 0.482. The van der Waals surface area contributed by atoms with Crippen LogP contribution in [0.4, 0.5) is 4.39 Å². The molecule has 14 heavy (non-hydrogen) atoms. The standard InChI is InChI=1S/C9H15FO4/c1-3-13-8(11)7(5-6-10)9(12)14-4-2/h7H,3-6H2,1-2H3. The van der Waals surface area contributed by atoms with Gasteiger partial charge in [-0.15, -0.1) is 0 Å². The first kappa shape index (κ1) is 12.9. The van der Waals surface area contributed by atoms with Crippen LogP contribution < -0.4 is 0 Å². The van der Waals surface area contributed by atoms with Gasteiger partial charge in [0.15, 0.2) is 5.92 Å². The zero-order chi connectivity index (χ0) is 11.0. The number of alkyl halides is 1. The lowest BCUT2D eigenvalue weighted by Gasteiger charge is -2.12. The molecule has 0 heterocycles. The van der Waals surface area contributed by atoms with Crippen molar-refractivity contribution >= 4 is 11.9 Å². The second-order valence-corrected chi connectivity index (χ2v) is 2.53. The first-order valence-electron chi connectivity index (χ1n) is 4.56. The molecule has 0 N–H and O–H groups in total. The second-order valence-electron chi connectivity index (χ2n) is 2.53. The molecule has 5 heteroatoms. The van der Waals surface area contributed by atoms with Gasteiger partial charge in [-0.3, -0.25) is 14.0 Å². The van der Waals surface area contributed by atoms with Crippen molar-refractivity contribution in [2.45, 2.75) is 20.3 Å². The highest BCUT2D eigenvalue weighted by Gasteiger charge is 2.28. The highest BCUT2D eigenvalue weighted by atomic mass is 19.1. The molecule has 0 aliphatic carbocycles. The van der Waals surface area contributed by atoms with Crippen LogP contribution in [0.25, 0.3) is 0 Å². The molecule has 0 saturated carbocycles. The molecule has 0 aliphatic rings. The van der Waals surface area contributed by atoms with Crippen LogP contribution >= 0.6 is 0 Å². The van der Waals surface area contributed by atoms with Crippen LogP contribution in [0.15, 0.2) is 0 Å². The molecule has 0 unspecified atom stereocenters. The molecule has 0 atom stereocenters. The van der Waals surface area contributed by atoms with Crippen molar-refractivity contribution in [3.05, 3.63) is 0 Å². The summed E-state index contributed by atoms with van der Waals surface area (Å²) in [6, 6.07) is 0. The Morgan fingerprint density at radius 3 is 1.86 bits per heavy atom. The smallest absolute Gasteiger partial charge is 0.320 e. The molecule has 0 bridgehead atoms. The average molecular weight is 206 g/mol. The molecular weight excluding hydrogens is 191 g/mol. The molecular formula is C9H15FO4. The van der Waals surface area contributed by atoms with E-state index in [0.717, 1.165) is 0 Å². The minimum Gasteiger partial charge on any atom is -0.465 e. The minimum absolute atomic E-state index is 0.168. The van der Waals surface area contributed by atoms with Crippen molar-refractivity contribution in [3.63, 3.8) is 0 Å². The van der Waals surface area contributed by atoms with Crippen LogP contribution in [0.5, 0.6) is 0 Å². The summed E-state index contributed by atoms with van der Waals surface area (Å²) in [7, 11) is 0. The average Bonchev–Trinajstić information content (AvgIpc) is 2.14. The fraction of sp³-hybridized carbons (Fsp3) is 0.778. The highest BCUT2D eigenvalue weighted by Crippen LogP contribution is 2.09. The Balaban J connectivity index is 4.25. The molecule has 0 aromatic carbocycles. The molecule has 0 fully saturated rings. The van der Waals surface area contributed by atoms with Gasteiger partial charge < -0.3 is 9.47 Å². The number of carbonyl (C=O) groups is 2. The molecule has 0 spiro atoms. The summed E-state index contributed by atoms with van der Waals surface area (Å²) in [6.07, 6.45) is -0.183. The lowest BCUT2D eigenvalue weighted by Crippen LogP contribution is -2.28. The largest absolute Gasteiger partial charge is 0.465 e. The molecule has 0 saturated heterocycles. The molecule has 0 radical (unpaired) electrons. The van der Waals surface area contributed by atoms with E-state index in [1.807, 2.05) is 0 Å². The van der Waals surface area contributed by atoms with Crippen LogP contribution in [0.2, 0.25) is 0 Å². The van der Waals surface area contributed by atoms with E-state index >= 15 is 0 Å². The van der Waals surface area contributed by atoms with Crippen LogP contribution in [-0.4, -0.2) is 31.8 Å². The van der Waals surface area contributed by atoms with Crippen molar-refractivity contribution in [3.8, 4) is 0 Å². The van der Waals surface area contributed by atoms with Crippen LogP contribution in [0, 0.1) is 5.92 Å². The monoisotopic (exact) mass is 206 g/mol. The SMILES string of the molecule is CCOC(=O)C(CCF)C(=O)OCC. The van der Waals surface area contributed by atoms with Gasteiger partial charge in [-0.25, -0.2) is 0 Å². The van der Waals surface area contributed by atoms with E-state index in [4.69, 9.17) is 0 Å². The Morgan fingerprint density at radius 2 is 1.57 bits per heavy atom. The van der Waals surface area contributed by atoms with E-state index in [2.05, 4.69) is 9.47 Å². The molecule has 0 aliphatic heterocycles. The first-order valence-corrected chi connectivity index (χ1v) is 4.56. The Kier molecular flexibility index (Phi) is 6.70. The summed E-state index contributed by atoms with van der Waals surface area (Å²) in [5, 5.41) is 0. The summed E-state index contributed by atoms with van der Waals surface area (Å²) in [5.74, 6) is -2.56. The zero-order valence-corrected chi connectivity index (χ0v) is 8.42. The van der Waals surface area contributed by atoms with Crippen molar-refractivity contribution in [2.24, 2.45) is 5.92 Å². The van der Waals surface area contributed by atoms with Gasteiger partial charge in [0, 0.05) is 0 Å². The molecule has 0 rings (SSSR count). The summed E-state index contributed by atoms with van der Waals surface area (Å²) in [5.41, 5.74) is 0. The summed E-state index contributed by atoms with van der Waals surface area (Å²) < 4.78 is 21.3. The van der Waals surface area contributed by atoms with E-state index in [-0.39, 0.29) is 19.6 Å². The lowest BCUT2D eigenvalue weighted by molar-refractivity contribution is -0.162. The highest BCUT2D eigenvalue weighted by molar-refractivity contribution is 5.94. The number of halogens is 1. The van der Waals surface area contributed by atoms with Gasteiger partial charge in [-0.05, 0) is 20.3 Å². The predicted octanol–water partition coefficient (Wildman–Crippen LogP) is 1.09. The third-order valence-electron chi connectivity index (χ3n) is 1.54. The molecule has 0 aromatic heterocycles. The maximum atomic E-state index is 12.0. The van der Waals surface area contributed by atoms with Crippen LogP contribution in [0.3, 0.4) is 0 Å². The zero-order valence-electron chi connectivity index (χ0n) is 8.42. The maximum Gasteiger partial charge on any atom is 0.320 e. The van der Waals surface area contributed by atoms with Gasteiger partial charge in [0.05, 0.1) is 19.9 Å². The van der Waals surface area contributed by atoms with Crippen molar-refractivity contribution in [1.82, 2.24) is 0 Å². The number of carbonyl (C=O) groups excluding carboxylic acids is 2. The van der Waals surface area contributed by atoms with Crippen molar-refractivity contribution in [1.29, 1.82) is 0 Å². The lowest BCUT2D eigenvalue weighted by atomic mass is 10.1. The Bertz CT molecular complexity index is 175. The fourth-order valence-electron chi connectivity index (χ4n) is 0.927.